The molecule has 0 aliphatic carbocycles. The first-order valence-corrected chi connectivity index (χ1v) is 6.79. The lowest BCUT2D eigenvalue weighted by molar-refractivity contribution is 0.0156. The summed E-state index contributed by atoms with van der Waals surface area (Å²) in [6.45, 7) is 4.00. The molecule has 1 aromatic rings. The average Bonchev–Trinajstić information content (AvgIpc) is 2.45. The minimum atomic E-state index is 0.284. The van der Waals surface area contributed by atoms with Crippen molar-refractivity contribution in [2.24, 2.45) is 0 Å². The van der Waals surface area contributed by atoms with Gasteiger partial charge in [0.05, 0.1) is 13.2 Å². The van der Waals surface area contributed by atoms with Gasteiger partial charge in [-0.25, -0.2) is 0 Å². The summed E-state index contributed by atoms with van der Waals surface area (Å²) >= 11 is 0. The minimum Gasteiger partial charge on any atom is -0.496 e. The van der Waals surface area contributed by atoms with Crippen LogP contribution in [-0.2, 0) is 4.74 Å². The van der Waals surface area contributed by atoms with Gasteiger partial charge >= 0.3 is 0 Å². The van der Waals surface area contributed by atoms with Crippen molar-refractivity contribution in [3.63, 3.8) is 0 Å². The highest BCUT2D eigenvalue weighted by molar-refractivity contribution is 5.35. The fraction of sp³-hybridized carbons (Fsp3) is 0.600. The first kappa shape index (κ1) is 13.4. The van der Waals surface area contributed by atoms with Crippen molar-refractivity contribution < 1.29 is 9.47 Å². The number of nitrogens with one attached hydrogen (secondary N) is 1. The van der Waals surface area contributed by atoms with Crippen LogP contribution in [0.2, 0.25) is 0 Å². The summed E-state index contributed by atoms with van der Waals surface area (Å²) in [5.74, 6) is 0.946. The number of rotatable bonds is 5. The molecule has 1 fully saturated rings. The van der Waals surface area contributed by atoms with Crippen molar-refractivity contribution >= 4 is 0 Å². The van der Waals surface area contributed by atoms with Crippen LogP contribution in [0.4, 0.5) is 0 Å². The fourth-order valence-corrected chi connectivity index (χ4v) is 2.41. The first-order valence-electron chi connectivity index (χ1n) is 6.79. The largest absolute Gasteiger partial charge is 0.496 e. The van der Waals surface area contributed by atoms with E-state index in [2.05, 4.69) is 18.3 Å². The molecular formula is C15H23NO2. The van der Waals surface area contributed by atoms with Gasteiger partial charge in [0, 0.05) is 24.8 Å². The van der Waals surface area contributed by atoms with Crippen molar-refractivity contribution in [1.82, 2.24) is 5.32 Å². The zero-order chi connectivity index (χ0) is 12.8. The molecule has 100 valence electrons. The highest BCUT2D eigenvalue weighted by Gasteiger charge is 2.16. The molecule has 1 N–H and O–H groups in total. The van der Waals surface area contributed by atoms with Crippen LogP contribution < -0.4 is 10.1 Å². The van der Waals surface area contributed by atoms with Crippen molar-refractivity contribution in [3.8, 4) is 5.75 Å². The monoisotopic (exact) mass is 249 g/mol. The van der Waals surface area contributed by atoms with Gasteiger partial charge in [-0.1, -0.05) is 18.2 Å². The van der Waals surface area contributed by atoms with E-state index in [1.807, 2.05) is 18.2 Å². The standard InChI is InChI=1S/C15H23NO2/c1-12(14-8-3-4-9-15(14)17-2)16-11-13-7-5-6-10-18-13/h3-4,8-9,12-13,16H,5-7,10-11H2,1-2H3/t12-,13?/m0/s1. The Labute approximate surface area is 109 Å². The number of hydrogen-bond acceptors (Lipinski definition) is 3. The van der Waals surface area contributed by atoms with E-state index in [1.165, 1.54) is 24.8 Å². The van der Waals surface area contributed by atoms with Gasteiger partial charge in [-0.3, -0.25) is 0 Å². The molecule has 0 saturated carbocycles. The van der Waals surface area contributed by atoms with Gasteiger partial charge in [0.25, 0.3) is 0 Å². The number of benzene rings is 1. The Hall–Kier alpha value is -1.06. The average molecular weight is 249 g/mol. The third-order valence-electron chi connectivity index (χ3n) is 3.53. The zero-order valence-corrected chi connectivity index (χ0v) is 11.3. The SMILES string of the molecule is COc1ccccc1[C@H](C)NCC1CCCCO1. The summed E-state index contributed by atoms with van der Waals surface area (Å²) < 4.78 is 11.1. The third-order valence-corrected chi connectivity index (χ3v) is 3.53. The molecule has 3 heteroatoms. The predicted molar refractivity (Wildman–Crippen MR) is 73.0 cm³/mol. The van der Waals surface area contributed by atoms with E-state index < -0.39 is 0 Å². The van der Waals surface area contributed by atoms with Crippen LogP contribution in [0, 0.1) is 0 Å². The number of methoxy groups -OCH3 is 1. The first-order chi connectivity index (χ1) is 8.81. The molecule has 0 amide bonds. The van der Waals surface area contributed by atoms with Crippen LogP contribution in [-0.4, -0.2) is 26.4 Å². The highest BCUT2D eigenvalue weighted by atomic mass is 16.5. The van der Waals surface area contributed by atoms with E-state index in [1.54, 1.807) is 7.11 Å². The second kappa shape index (κ2) is 6.76. The highest BCUT2D eigenvalue weighted by Crippen LogP contribution is 2.24. The maximum atomic E-state index is 5.73. The van der Waals surface area contributed by atoms with E-state index in [-0.39, 0.29) is 6.04 Å². The molecular weight excluding hydrogens is 226 g/mol. The van der Waals surface area contributed by atoms with E-state index in [0.717, 1.165) is 18.9 Å². The molecule has 0 bridgehead atoms. The Morgan fingerprint density at radius 1 is 1.39 bits per heavy atom. The maximum Gasteiger partial charge on any atom is 0.123 e. The van der Waals surface area contributed by atoms with Gasteiger partial charge in [-0.15, -0.1) is 0 Å². The molecule has 2 rings (SSSR count). The van der Waals surface area contributed by atoms with Crippen molar-refractivity contribution in [3.05, 3.63) is 29.8 Å². The molecule has 1 heterocycles. The van der Waals surface area contributed by atoms with Gasteiger partial charge in [0.1, 0.15) is 5.75 Å². The molecule has 0 radical (unpaired) electrons. The number of hydrogen-bond donors (Lipinski definition) is 1. The normalized spacial score (nSPS) is 21.6. The number of para-hydroxylation sites is 1. The molecule has 0 spiro atoms. The zero-order valence-electron chi connectivity index (χ0n) is 11.3. The maximum absolute atomic E-state index is 5.73. The predicted octanol–water partition coefficient (Wildman–Crippen LogP) is 2.91. The van der Waals surface area contributed by atoms with Crippen molar-refractivity contribution in [2.75, 3.05) is 20.3 Å². The van der Waals surface area contributed by atoms with Crippen LogP contribution in [0.1, 0.15) is 37.8 Å². The van der Waals surface area contributed by atoms with Gasteiger partial charge in [-0.2, -0.15) is 0 Å². The molecule has 3 nitrogen and oxygen atoms in total. The van der Waals surface area contributed by atoms with Crippen LogP contribution in [0.25, 0.3) is 0 Å². The molecule has 2 atom stereocenters. The summed E-state index contributed by atoms with van der Waals surface area (Å²) in [4.78, 5) is 0. The Balaban J connectivity index is 1.88. The Morgan fingerprint density at radius 3 is 2.94 bits per heavy atom. The molecule has 1 unspecified atom stereocenters. The van der Waals surface area contributed by atoms with Crippen molar-refractivity contribution in [1.29, 1.82) is 0 Å². The lowest BCUT2D eigenvalue weighted by Gasteiger charge is -2.25. The molecule has 18 heavy (non-hydrogen) atoms. The van der Waals surface area contributed by atoms with Crippen LogP contribution in [0.5, 0.6) is 5.75 Å². The van der Waals surface area contributed by atoms with E-state index in [0.29, 0.717) is 6.10 Å². The third kappa shape index (κ3) is 3.47. The summed E-state index contributed by atoms with van der Waals surface area (Å²) in [6.07, 6.45) is 4.04. The molecule has 1 aliphatic heterocycles. The van der Waals surface area contributed by atoms with Crippen molar-refractivity contribution in [2.45, 2.75) is 38.3 Å². The second-order valence-electron chi connectivity index (χ2n) is 4.86. The molecule has 1 aromatic carbocycles. The molecule has 0 aromatic heterocycles. The molecule has 1 saturated heterocycles. The van der Waals surface area contributed by atoms with Crippen LogP contribution >= 0.6 is 0 Å². The Bertz CT molecular complexity index is 361. The topological polar surface area (TPSA) is 30.5 Å². The summed E-state index contributed by atoms with van der Waals surface area (Å²) in [6, 6.07) is 8.45. The van der Waals surface area contributed by atoms with E-state index in [4.69, 9.17) is 9.47 Å². The van der Waals surface area contributed by atoms with E-state index in [9.17, 15) is 0 Å². The molecule has 1 aliphatic rings. The van der Waals surface area contributed by atoms with Gasteiger partial charge in [0.2, 0.25) is 0 Å². The van der Waals surface area contributed by atoms with Gasteiger partial charge in [0.15, 0.2) is 0 Å². The summed E-state index contributed by atoms with van der Waals surface area (Å²) in [5.41, 5.74) is 1.20. The van der Waals surface area contributed by atoms with Gasteiger partial charge < -0.3 is 14.8 Å². The fourth-order valence-electron chi connectivity index (χ4n) is 2.41. The summed E-state index contributed by atoms with van der Waals surface area (Å²) in [7, 11) is 1.72. The van der Waals surface area contributed by atoms with Crippen LogP contribution in [0.15, 0.2) is 24.3 Å². The van der Waals surface area contributed by atoms with E-state index >= 15 is 0 Å². The quantitative estimate of drug-likeness (QED) is 0.870. The van der Waals surface area contributed by atoms with Gasteiger partial charge in [-0.05, 0) is 32.3 Å². The number of ether oxygens (including phenoxy) is 2. The summed E-state index contributed by atoms with van der Waals surface area (Å²) in [5, 5.41) is 3.54. The second-order valence-corrected chi connectivity index (χ2v) is 4.86. The smallest absolute Gasteiger partial charge is 0.123 e. The minimum absolute atomic E-state index is 0.284. The van der Waals surface area contributed by atoms with Crippen LogP contribution in [0.3, 0.4) is 0 Å². The lowest BCUT2D eigenvalue weighted by atomic mass is 10.1. The Morgan fingerprint density at radius 2 is 2.22 bits per heavy atom. The lowest BCUT2D eigenvalue weighted by Crippen LogP contribution is -2.33. The Kier molecular flexibility index (Phi) is 5.02.